The van der Waals surface area contributed by atoms with Crippen LogP contribution in [0, 0.1) is 0 Å². The molecule has 0 radical (unpaired) electrons. The van der Waals surface area contributed by atoms with E-state index in [9.17, 15) is 8.42 Å². The van der Waals surface area contributed by atoms with Gasteiger partial charge in [-0.05, 0) is 41.2 Å². The quantitative estimate of drug-likeness (QED) is 0.817. The molecule has 0 spiro atoms. The zero-order chi connectivity index (χ0) is 12.2. The smallest absolute Gasteiger partial charge is 0.153 e. The zero-order valence-electron chi connectivity index (χ0n) is 9.36. The van der Waals surface area contributed by atoms with Gasteiger partial charge in [-0.25, -0.2) is 8.42 Å². The van der Waals surface area contributed by atoms with Gasteiger partial charge in [0.25, 0.3) is 0 Å². The van der Waals surface area contributed by atoms with Crippen LogP contribution in [0.25, 0.3) is 0 Å². The maximum Gasteiger partial charge on any atom is 0.153 e. The van der Waals surface area contributed by atoms with E-state index in [1.807, 2.05) is 11.4 Å². The van der Waals surface area contributed by atoms with Gasteiger partial charge in [-0.3, -0.25) is 0 Å². The maximum atomic E-state index is 11.5. The lowest BCUT2D eigenvalue weighted by Crippen LogP contribution is -2.26. The van der Waals surface area contributed by atoms with E-state index in [2.05, 4.69) is 21.2 Å². The van der Waals surface area contributed by atoms with Crippen LogP contribution in [0.5, 0.6) is 0 Å². The number of hydrogen-bond donors (Lipinski definition) is 1. The highest BCUT2D eigenvalue weighted by atomic mass is 79.9. The highest BCUT2D eigenvalue weighted by Gasteiger charge is 2.14. The minimum Gasteiger partial charge on any atom is -0.311 e. The summed E-state index contributed by atoms with van der Waals surface area (Å²) < 4.78 is 24.1. The topological polar surface area (TPSA) is 46.2 Å². The summed E-state index contributed by atoms with van der Waals surface area (Å²) in [5.74, 6) is 0.202. The van der Waals surface area contributed by atoms with Crippen molar-refractivity contribution in [2.24, 2.45) is 0 Å². The molecule has 0 aliphatic carbocycles. The zero-order valence-corrected chi connectivity index (χ0v) is 12.6. The van der Waals surface area contributed by atoms with Gasteiger partial charge in [0.15, 0.2) is 9.84 Å². The fourth-order valence-electron chi connectivity index (χ4n) is 1.10. The molecule has 3 nitrogen and oxygen atoms in total. The Morgan fingerprint density at radius 2 is 2.19 bits per heavy atom. The average Bonchev–Trinajstić information content (AvgIpc) is 2.59. The van der Waals surface area contributed by atoms with E-state index in [-0.39, 0.29) is 11.0 Å². The Balaban J connectivity index is 2.30. The van der Waals surface area contributed by atoms with Crippen molar-refractivity contribution in [3.8, 4) is 0 Å². The molecule has 0 bridgehead atoms. The second kappa shape index (κ2) is 6.14. The molecule has 1 rings (SSSR count). The molecule has 0 atom stereocenters. The van der Waals surface area contributed by atoms with Crippen LogP contribution in [0.2, 0.25) is 0 Å². The van der Waals surface area contributed by atoms with Crippen LogP contribution in [-0.4, -0.2) is 26.0 Å². The first kappa shape index (κ1) is 14.2. The van der Waals surface area contributed by atoms with Gasteiger partial charge >= 0.3 is 0 Å². The number of rotatable bonds is 6. The molecule has 0 amide bonds. The number of thiophene rings is 1. The first-order valence-electron chi connectivity index (χ1n) is 5.07. The molecule has 1 N–H and O–H groups in total. The van der Waals surface area contributed by atoms with Gasteiger partial charge in [0.2, 0.25) is 0 Å². The van der Waals surface area contributed by atoms with E-state index in [0.29, 0.717) is 13.1 Å². The second-order valence-corrected chi connectivity index (χ2v) is 8.32. The van der Waals surface area contributed by atoms with Crippen molar-refractivity contribution in [1.82, 2.24) is 5.32 Å². The predicted octanol–water partition coefficient (Wildman–Crippen LogP) is 2.42. The van der Waals surface area contributed by atoms with Gasteiger partial charge in [0, 0.05) is 22.4 Å². The van der Waals surface area contributed by atoms with Gasteiger partial charge in [0.1, 0.15) is 0 Å². The van der Waals surface area contributed by atoms with Crippen molar-refractivity contribution in [3.05, 3.63) is 20.8 Å². The second-order valence-electron chi connectivity index (χ2n) is 3.78. The average molecular weight is 326 g/mol. The predicted molar refractivity (Wildman–Crippen MR) is 72.6 cm³/mol. The summed E-state index contributed by atoms with van der Waals surface area (Å²) in [7, 11) is -2.92. The van der Waals surface area contributed by atoms with Crippen LogP contribution in [-0.2, 0) is 16.4 Å². The fourth-order valence-corrected chi connectivity index (χ4v) is 3.47. The number of sulfone groups is 1. The lowest BCUT2D eigenvalue weighted by molar-refractivity contribution is 0.582. The van der Waals surface area contributed by atoms with Gasteiger partial charge < -0.3 is 5.32 Å². The summed E-state index contributed by atoms with van der Waals surface area (Å²) in [4.78, 5) is 1.20. The molecule has 0 saturated heterocycles. The van der Waals surface area contributed by atoms with E-state index < -0.39 is 9.84 Å². The minimum atomic E-state index is -2.92. The Morgan fingerprint density at radius 3 is 2.69 bits per heavy atom. The molecule has 0 unspecified atom stereocenters. The number of halogens is 1. The Kier molecular flexibility index (Phi) is 5.43. The Hall–Kier alpha value is 0.0900. The summed E-state index contributed by atoms with van der Waals surface area (Å²) in [5, 5.41) is 4.86. The van der Waals surface area contributed by atoms with E-state index >= 15 is 0 Å². The molecule has 0 aliphatic heterocycles. The van der Waals surface area contributed by atoms with Gasteiger partial charge in [-0.2, -0.15) is 0 Å². The molecular weight excluding hydrogens is 310 g/mol. The Morgan fingerprint density at radius 1 is 1.50 bits per heavy atom. The van der Waals surface area contributed by atoms with Gasteiger partial charge in [-0.1, -0.05) is 0 Å². The van der Waals surface area contributed by atoms with Gasteiger partial charge in [-0.15, -0.1) is 11.3 Å². The highest BCUT2D eigenvalue weighted by Crippen LogP contribution is 2.21. The van der Waals surface area contributed by atoms with Crippen molar-refractivity contribution >= 4 is 37.1 Å². The standard InChI is InChI=1S/C10H16BrNO2S2/c1-8(2)16(13,14)6-4-12-7-10-9(11)3-5-15-10/h3,5,8,12H,4,6-7H2,1-2H3. The largest absolute Gasteiger partial charge is 0.311 e. The van der Waals surface area contributed by atoms with Crippen LogP contribution >= 0.6 is 27.3 Å². The lowest BCUT2D eigenvalue weighted by atomic mass is 10.4. The van der Waals surface area contributed by atoms with Crippen LogP contribution in [0.1, 0.15) is 18.7 Å². The first-order chi connectivity index (χ1) is 7.43. The Bertz CT molecular complexity index is 426. The van der Waals surface area contributed by atoms with Crippen LogP contribution in [0.4, 0.5) is 0 Å². The normalized spacial score (nSPS) is 12.2. The molecule has 1 aromatic heterocycles. The molecule has 6 heteroatoms. The van der Waals surface area contributed by atoms with E-state index in [1.165, 1.54) is 4.88 Å². The molecule has 0 aliphatic rings. The molecule has 92 valence electrons. The minimum absolute atomic E-state index is 0.202. The Labute approximate surface area is 109 Å². The van der Waals surface area contributed by atoms with Crippen molar-refractivity contribution in [2.45, 2.75) is 25.6 Å². The van der Waals surface area contributed by atoms with E-state index in [0.717, 1.165) is 4.47 Å². The summed E-state index contributed by atoms with van der Waals surface area (Å²) in [6, 6.07) is 1.99. The van der Waals surface area contributed by atoms with Crippen LogP contribution in [0.15, 0.2) is 15.9 Å². The molecule has 0 saturated carbocycles. The summed E-state index contributed by atoms with van der Waals surface area (Å²) in [6.45, 7) is 4.65. The SMILES string of the molecule is CC(C)S(=O)(=O)CCNCc1sccc1Br. The summed E-state index contributed by atoms with van der Waals surface area (Å²) in [5.41, 5.74) is 0. The number of hydrogen-bond acceptors (Lipinski definition) is 4. The third kappa shape index (κ3) is 4.16. The van der Waals surface area contributed by atoms with Crippen LogP contribution in [0.3, 0.4) is 0 Å². The third-order valence-corrected chi connectivity index (χ3v) is 6.39. The monoisotopic (exact) mass is 325 g/mol. The van der Waals surface area contributed by atoms with Gasteiger partial charge in [0.05, 0.1) is 11.0 Å². The lowest BCUT2D eigenvalue weighted by Gasteiger charge is -2.08. The highest BCUT2D eigenvalue weighted by molar-refractivity contribution is 9.10. The van der Waals surface area contributed by atoms with Crippen LogP contribution < -0.4 is 5.32 Å². The van der Waals surface area contributed by atoms with Crippen molar-refractivity contribution in [1.29, 1.82) is 0 Å². The molecule has 1 aromatic rings. The molecular formula is C10H16BrNO2S2. The number of nitrogens with one attached hydrogen (secondary N) is 1. The first-order valence-corrected chi connectivity index (χ1v) is 8.46. The molecule has 1 heterocycles. The van der Waals surface area contributed by atoms with E-state index in [4.69, 9.17) is 0 Å². The third-order valence-electron chi connectivity index (χ3n) is 2.26. The molecule has 0 aromatic carbocycles. The summed E-state index contributed by atoms with van der Waals surface area (Å²) >= 11 is 5.09. The van der Waals surface area contributed by atoms with Crippen molar-refractivity contribution in [3.63, 3.8) is 0 Å². The molecule has 16 heavy (non-hydrogen) atoms. The van der Waals surface area contributed by atoms with Crippen molar-refractivity contribution in [2.75, 3.05) is 12.3 Å². The maximum absolute atomic E-state index is 11.5. The van der Waals surface area contributed by atoms with Crippen molar-refractivity contribution < 1.29 is 8.42 Å². The molecule has 0 fully saturated rings. The fraction of sp³-hybridized carbons (Fsp3) is 0.600. The van der Waals surface area contributed by atoms with E-state index in [1.54, 1.807) is 25.2 Å². The summed E-state index contributed by atoms with van der Waals surface area (Å²) in [6.07, 6.45) is 0.